The van der Waals surface area contributed by atoms with Crippen LogP contribution in [0.5, 0.6) is 0 Å². The molecule has 0 aliphatic heterocycles. The lowest BCUT2D eigenvalue weighted by Gasteiger charge is -2.16. The van der Waals surface area contributed by atoms with Crippen molar-refractivity contribution in [1.82, 2.24) is 29.3 Å². The van der Waals surface area contributed by atoms with Crippen molar-refractivity contribution in [2.45, 2.75) is 27.3 Å². The van der Waals surface area contributed by atoms with Crippen molar-refractivity contribution in [2.24, 2.45) is 13.0 Å². The number of nitrogens with two attached hydrogens (primary N) is 1. The topological polar surface area (TPSA) is 143 Å². The first kappa shape index (κ1) is 21.0. The van der Waals surface area contributed by atoms with Crippen molar-refractivity contribution in [1.29, 1.82) is 0 Å². The van der Waals surface area contributed by atoms with E-state index in [9.17, 15) is 14.4 Å². The third kappa shape index (κ3) is 4.00. The summed E-state index contributed by atoms with van der Waals surface area (Å²) >= 11 is 0. The summed E-state index contributed by atoms with van der Waals surface area (Å²) in [5.41, 5.74) is 7.00. The summed E-state index contributed by atoms with van der Waals surface area (Å²) in [4.78, 5) is 37.7. The van der Waals surface area contributed by atoms with E-state index < -0.39 is 17.0 Å². The van der Waals surface area contributed by atoms with E-state index in [0.717, 1.165) is 15.8 Å². The minimum atomic E-state index is -0.700. The molecule has 2 heterocycles. The summed E-state index contributed by atoms with van der Waals surface area (Å²) in [6.45, 7) is 5.88. The molecule has 0 unspecified atom stereocenters. The Balaban J connectivity index is 1.85. The number of rotatable bonds is 7. The zero-order valence-electron chi connectivity index (χ0n) is 17.3. The van der Waals surface area contributed by atoms with Crippen LogP contribution in [0.3, 0.4) is 0 Å². The highest BCUT2D eigenvalue weighted by molar-refractivity contribution is 6.02. The van der Waals surface area contributed by atoms with Crippen molar-refractivity contribution in [2.75, 3.05) is 17.6 Å². The number of tetrazole rings is 1. The van der Waals surface area contributed by atoms with Gasteiger partial charge in [0, 0.05) is 19.3 Å². The number of aryl methyl sites for hydroxylation is 1. The summed E-state index contributed by atoms with van der Waals surface area (Å²) in [6, 6.07) is 5.43. The summed E-state index contributed by atoms with van der Waals surface area (Å²) in [7, 11) is 1.34. The second kappa shape index (κ2) is 8.31. The van der Waals surface area contributed by atoms with E-state index in [-0.39, 0.29) is 23.8 Å². The number of benzene rings is 1. The molecule has 1 aromatic carbocycles. The van der Waals surface area contributed by atoms with E-state index in [0.29, 0.717) is 12.2 Å². The number of aromatic nitrogens is 6. The minimum absolute atomic E-state index is 0.103. The Bertz CT molecular complexity index is 1190. The van der Waals surface area contributed by atoms with E-state index in [4.69, 9.17) is 5.73 Å². The van der Waals surface area contributed by atoms with Gasteiger partial charge in [0.05, 0.1) is 12.2 Å². The Morgan fingerprint density at radius 1 is 1.27 bits per heavy atom. The van der Waals surface area contributed by atoms with E-state index in [1.165, 1.54) is 22.6 Å². The van der Waals surface area contributed by atoms with Gasteiger partial charge in [-0.2, -0.15) is 0 Å². The first-order valence-electron chi connectivity index (χ1n) is 9.41. The smallest absolute Gasteiger partial charge is 0.332 e. The predicted molar refractivity (Wildman–Crippen MR) is 112 cm³/mol. The van der Waals surface area contributed by atoms with Gasteiger partial charge in [-0.1, -0.05) is 13.8 Å². The Morgan fingerprint density at radius 2 is 2.00 bits per heavy atom. The zero-order chi connectivity index (χ0) is 22.0. The van der Waals surface area contributed by atoms with Gasteiger partial charge in [-0.05, 0) is 47.0 Å². The van der Waals surface area contributed by atoms with E-state index in [1.54, 1.807) is 6.07 Å². The maximum Gasteiger partial charge on any atom is 0.332 e. The number of carbonyl (C=O) groups is 1. The number of nitrogens with zero attached hydrogens (tertiary/aromatic N) is 6. The lowest BCUT2D eigenvalue weighted by Crippen LogP contribution is -2.43. The average molecular weight is 412 g/mol. The number of anilines is 2. The van der Waals surface area contributed by atoms with Crippen molar-refractivity contribution in [3.05, 3.63) is 56.5 Å². The standard InChI is InChI=1S/C19H24N8O3/c1-11(2)9-26-17(20)16(18(29)25(4)19(26)30)15(28)8-21-13-5-6-14(12(3)7-13)27-10-22-23-24-27/h5-7,10-11,21H,8-9,20H2,1-4H3. The number of ketones is 1. The third-order valence-electron chi connectivity index (χ3n) is 4.66. The average Bonchev–Trinajstić information content (AvgIpc) is 3.22. The fourth-order valence-corrected chi connectivity index (χ4v) is 3.15. The third-order valence-corrected chi connectivity index (χ3v) is 4.66. The van der Waals surface area contributed by atoms with Crippen LogP contribution in [-0.4, -0.2) is 41.7 Å². The number of nitrogen functional groups attached to an aromatic ring is 1. The maximum atomic E-state index is 12.8. The molecule has 0 saturated heterocycles. The number of nitrogens with one attached hydrogen (secondary N) is 1. The second-order valence-electron chi connectivity index (χ2n) is 7.44. The van der Waals surface area contributed by atoms with Gasteiger partial charge in [0.15, 0.2) is 5.78 Å². The summed E-state index contributed by atoms with van der Waals surface area (Å²) < 4.78 is 3.72. The van der Waals surface area contributed by atoms with Gasteiger partial charge in [-0.15, -0.1) is 5.10 Å². The van der Waals surface area contributed by atoms with Crippen LogP contribution in [0, 0.1) is 12.8 Å². The first-order chi connectivity index (χ1) is 14.2. The van der Waals surface area contributed by atoms with Crippen LogP contribution in [0.2, 0.25) is 0 Å². The zero-order valence-corrected chi connectivity index (χ0v) is 17.3. The largest absolute Gasteiger partial charge is 0.384 e. The van der Waals surface area contributed by atoms with E-state index in [2.05, 4.69) is 20.8 Å². The number of hydrogen-bond acceptors (Lipinski definition) is 8. The molecule has 0 saturated carbocycles. The van der Waals surface area contributed by atoms with Gasteiger partial charge in [0.25, 0.3) is 5.56 Å². The Morgan fingerprint density at radius 3 is 2.60 bits per heavy atom. The number of carbonyl (C=O) groups excluding carboxylic acids is 1. The van der Waals surface area contributed by atoms with Crippen LogP contribution >= 0.6 is 0 Å². The number of hydrogen-bond donors (Lipinski definition) is 2. The molecule has 3 N–H and O–H groups in total. The van der Waals surface area contributed by atoms with E-state index in [1.807, 2.05) is 32.9 Å². The molecule has 3 rings (SSSR count). The molecule has 0 radical (unpaired) electrons. The molecule has 30 heavy (non-hydrogen) atoms. The van der Waals surface area contributed by atoms with Gasteiger partial charge >= 0.3 is 5.69 Å². The van der Waals surface area contributed by atoms with Gasteiger partial charge in [0.2, 0.25) is 0 Å². The van der Waals surface area contributed by atoms with Gasteiger partial charge in [-0.3, -0.25) is 18.7 Å². The van der Waals surface area contributed by atoms with Crippen LogP contribution in [0.1, 0.15) is 29.8 Å². The number of Topliss-reactive ketones (excluding diaryl/α,β-unsaturated/α-hetero) is 1. The molecule has 0 atom stereocenters. The lowest BCUT2D eigenvalue weighted by molar-refractivity contribution is 0.100. The quantitative estimate of drug-likeness (QED) is 0.530. The van der Waals surface area contributed by atoms with Crippen LogP contribution < -0.4 is 22.3 Å². The van der Waals surface area contributed by atoms with Gasteiger partial charge in [0.1, 0.15) is 17.7 Å². The Labute approximate surface area is 172 Å². The highest BCUT2D eigenvalue weighted by Crippen LogP contribution is 2.18. The molecule has 0 aliphatic rings. The van der Waals surface area contributed by atoms with Gasteiger partial charge in [-0.25, -0.2) is 9.48 Å². The highest BCUT2D eigenvalue weighted by Gasteiger charge is 2.21. The Hall–Kier alpha value is -3.76. The van der Waals surface area contributed by atoms with Crippen molar-refractivity contribution in [3.8, 4) is 5.69 Å². The summed E-state index contributed by atoms with van der Waals surface area (Å²) in [5, 5.41) is 14.1. The Kier molecular flexibility index (Phi) is 5.81. The van der Waals surface area contributed by atoms with Crippen LogP contribution in [-0.2, 0) is 13.6 Å². The molecule has 2 aromatic heterocycles. The lowest BCUT2D eigenvalue weighted by atomic mass is 10.1. The van der Waals surface area contributed by atoms with Crippen molar-refractivity contribution >= 4 is 17.3 Å². The molecule has 0 bridgehead atoms. The van der Waals surface area contributed by atoms with Crippen molar-refractivity contribution in [3.63, 3.8) is 0 Å². The highest BCUT2D eigenvalue weighted by atomic mass is 16.2. The van der Waals surface area contributed by atoms with Crippen LogP contribution in [0.25, 0.3) is 5.69 Å². The molecule has 3 aromatic rings. The normalized spacial score (nSPS) is 11.1. The maximum absolute atomic E-state index is 12.8. The van der Waals surface area contributed by atoms with Crippen LogP contribution in [0.4, 0.5) is 11.5 Å². The molecular weight excluding hydrogens is 388 g/mol. The molecule has 0 amide bonds. The second-order valence-corrected chi connectivity index (χ2v) is 7.44. The summed E-state index contributed by atoms with van der Waals surface area (Å²) in [6.07, 6.45) is 1.49. The fraction of sp³-hybridized carbons (Fsp3) is 0.368. The summed E-state index contributed by atoms with van der Waals surface area (Å²) in [5.74, 6) is -0.480. The van der Waals surface area contributed by atoms with Gasteiger partial charge < -0.3 is 11.1 Å². The van der Waals surface area contributed by atoms with E-state index >= 15 is 0 Å². The molecule has 0 fully saturated rings. The van der Waals surface area contributed by atoms with Crippen LogP contribution in [0.15, 0.2) is 34.1 Å². The molecule has 11 heteroatoms. The first-order valence-corrected chi connectivity index (χ1v) is 9.41. The molecular formula is C19H24N8O3. The molecule has 0 aliphatic carbocycles. The fourth-order valence-electron chi connectivity index (χ4n) is 3.15. The monoisotopic (exact) mass is 412 g/mol. The minimum Gasteiger partial charge on any atom is -0.384 e. The SMILES string of the molecule is Cc1cc(NCC(=O)c2c(N)n(CC(C)C)c(=O)n(C)c2=O)ccc1-n1cnnn1. The molecule has 0 spiro atoms. The molecule has 11 nitrogen and oxygen atoms in total. The molecule has 158 valence electrons. The van der Waals surface area contributed by atoms with Crippen molar-refractivity contribution < 1.29 is 4.79 Å². The predicted octanol–water partition coefficient (Wildman–Crippen LogP) is 0.364.